The highest BCUT2D eigenvalue weighted by Crippen LogP contribution is 2.19. The lowest BCUT2D eigenvalue weighted by Gasteiger charge is -2.27. The Hall–Kier alpha value is -3.29. The number of nitrogens with zero attached hydrogens (tertiary/aromatic N) is 5. The van der Waals surface area contributed by atoms with Crippen LogP contribution in [0.2, 0.25) is 0 Å². The summed E-state index contributed by atoms with van der Waals surface area (Å²) >= 11 is 0. The lowest BCUT2D eigenvalue weighted by molar-refractivity contribution is 0.0704. The Balaban J connectivity index is 1.49. The zero-order valence-electron chi connectivity index (χ0n) is 13.9. The summed E-state index contributed by atoms with van der Waals surface area (Å²) in [5.41, 5.74) is 1.83. The highest BCUT2D eigenvalue weighted by molar-refractivity contribution is 5.94. The van der Waals surface area contributed by atoms with Gasteiger partial charge in [0.05, 0.1) is 25.0 Å². The number of carbonyl (C=O) groups excluding carboxylic acids is 1. The largest absolute Gasteiger partial charge is 0.486 e. The molecule has 1 aliphatic heterocycles. The quantitative estimate of drug-likeness (QED) is 0.718. The van der Waals surface area contributed by atoms with Gasteiger partial charge in [0, 0.05) is 18.3 Å². The second kappa shape index (κ2) is 6.91. The minimum Gasteiger partial charge on any atom is -0.486 e. The van der Waals surface area contributed by atoms with E-state index in [0.717, 1.165) is 5.69 Å². The second-order valence-corrected chi connectivity index (χ2v) is 5.92. The molecule has 0 aliphatic carbocycles. The van der Waals surface area contributed by atoms with Crippen LogP contribution in [0, 0.1) is 5.82 Å². The standard InChI is InChI=1S/C18H16FN5O2/c19-14-4-1-3-13(9-14)18(25)23-7-8-24-17(11-23)16(21-22-24)12-26-15-5-2-6-20-10-15/h1-6,9-10H,7-8,11-12H2. The van der Waals surface area contributed by atoms with Crippen molar-refractivity contribution in [2.24, 2.45) is 0 Å². The number of hydrogen-bond donors (Lipinski definition) is 0. The van der Waals surface area contributed by atoms with Crippen molar-refractivity contribution in [2.45, 2.75) is 19.7 Å². The molecule has 0 saturated heterocycles. The van der Waals surface area contributed by atoms with Crippen LogP contribution in [0.1, 0.15) is 21.7 Å². The van der Waals surface area contributed by atoms with Gasteiger partial charge in [-0.3, -0.25) is 9.78 Å². The number of amides is 1. The average molecular weight is 353 g/mol. The van der Waals surface area contributed by atoms with Crippen LogP contribution in [-0.2, 0) is 19.7 Å². The Kier molecular flexibility index (Phi) is 4.30. The highest BCUT2D eigenvalue weighted by atomic mass is 19.1. The molecule has 1 aliphatic rings. The molecule has 0 radical (unpaired) electrons. The van der Waals surface area contributed by atoms with Gasteiger partial charge in [-0.15, -0.1) is 5.10 Å². The molecule has 3 heterocycles. The van der Waals surface area contributed by atoms with Crippen LogP contribution in [0.25, 0.3) is 0 Å². The van der Waals surface area contributed by atoms with Gasteiger partial charge in [-0.2, -0.15) is 0 Å². The first-order valence-corrected chi connectivity index (χ1v) is 8.19. The van der Waals surface area contributed by atoms with Crippen LogP contribution in [0.15, 0.2) is 48.8 Å². The topological polar surface area (TPSA) is 73.1 Å². The molecule has 26 heavy (non-hydrogen) atoms. The fraction of sp³-hybridized carbons (Fsp3) is 0.222. The summed E-state index contributed by atoms with van der Waals surface area (Å²) in [5.74, 6) is -0.000965. The van der Waals surface area contributed by atoms with Crippen molar-refractivity contribution >= 4 is 5.91 Å². The molecule has 1 aromatic carbocycles. The van der Waals surface area contributed by atoms with Crippen LogP contribution in [0.3, 0.4) is 0 Å². The zero-order chi connectivity index (χ0) is 17.9. The molecule has 0 unspecified atom stereocenters. The molecule has 0 saturated carbocycles. The lowest BCUT2D eigenvalue weighted by Crippen LogP contribution is -2.38. The van der Waals surface area contributed by atoms with E-state index < -0.39 is 5.82 Å². The maximum Gasteiger partial charge on any atom is 0.254 e. The van der Waals surface area contributed by atoms with Gasteiger partial charge in [-0.05, 0) is 30.3 Å². The summed E-state index contributed by atoms with van der Waals surface area (Å²) in [6.45, 7) is 1.63. The maximum absolute atomic E-state index is 13.4. The van der Waals surface area contributed by atoms with E-state index in [1.54, 1.807) is 34.1 Å². The third-order valence-corrected chi connectivity index (χ3v) is 4.21. The van der Waals surface area contributed by atoms with Gasteiger partial charge >= 0.3 is 0 Å². The van der Waals surface area contributed by atoms with E-state index in [1.807, 2.05) is 6.07 Å². The first-order valence-electron chi connectivity index (χ1n) is 8.19. The summed E-state index contributed by atoms with van der Waals surface area (Å²) < 4.78 is 20.8. The van der Waals surface area contributed by atoms with E-state index in [-0.39, 0.29) is 12.5 Å². The van der Waals surface area contributed by atoms with Crippen molar-refractivity contribution in [3.8, 4) is 5.75 Å². The van der Waals surface area contributed by atoms with Gasteiger partial charge in [-0.1, -0.05) is 11.3 Å². The van der Waals surface area contributed by atoms with Crippen LogP contribution < -0.4 is 4.74 Å². The molecule has 3 aromatic rings. The summed E-state index contributed by atoms with van der Waals surface area (Å²) in [5, 5.41) is 8.29. The molecule has 4 rings (SSSR count). The number of halogens is 1. The van der Waals surface area contributed by atoms with Crippen LogP contribution >= 0.6 is 0 Å². The van der Waals surface area contributed by atoms with Crippen LogP contribution in [0.5, 0.6) is 5.75 Å². The predicted octanol–water partition coefficient (Wildman–Crippen LogP) is 2.05. The van der Waals surface area contributed by atoms with Gasteiger partial charge in [-0.25, -0.2) is 9.07 Å². The van der Waals surface area contributed by atoms with Gasteiger partial charge in [0.1, 0.15) is 23.9 Å². The Morgan fingerprint density at radius 1 is 1.23 bits per heavy atom. The highest BCUT2D eigenvalue weighted by Gasteiger charge is 2.26. The molecular weight excluding hydrogens is 337 g/mol. The number of fused-ring (bicyclic) bond motifs is 1. The molecular formula is C18H16FN5O2. The Morgan fingerprint density at radius 3 is 2.96 bits per heavy atom. The number of ether oxygens (including phenoxy) is 1. The summed E-state index contributed by atoms with van der Waals surface area (Å²) in [7, 11) is 0. The van der Waals surface area contributed by atoms with E-state index in [4.69, 9.17) is 4.74 Å². The monoisotopic (exact) mass is 353 g/mol. The van der Waals surface area contributed by atoms with Crippen molar-refractivity contribution in [2.75, 3.05) is 6.54 Å². The molecule has 0 fully saturated rings. The third kappa shape index (κ3) is 3.26. The van der Waals surface area contributed by atoms with Crippen molar-refractivity contribution in [3.63, 3.8) is 0 Å². The first-order chi connectivity index (χ1) is 12.7. The molecule has 0 atom stereocenters. The third-order valence-electron chi connectivity index (χ3n) is 4.21. The summed E-state index contributed by atoms with van der Waals surface area (Å²) in [6, 6.07) is 9.31. The van der Waals surface area contributed by atoms with E-state index in [0.29, 0.717) is 36.6 Å². The van der Waals surface area contributed by atoms with Crippen LogP contribution in [0.4, 0.5) is 4.39 Å². The van der Waals surface area contributed by atoms with Gasteiger partial charge in [0.2, 0.25) is 0 Å². The number of hydrogen-bond acceptors (Lipinski definition) is 5. The summed E-state index contributed by atoms with van der Waals surface area (Å²) in [6.07, 6.45) is 3.29. The molecule has 0 bridgehead atoms. The molecule has 7 nitrogen and oxygen atoms in total. The predicted molar refractivity (Wildman–Crippen MR) is 89.7 cm³/mol. The van der Waals surface area contributed by atoms with E-state index in [2.05, 4.69) is 15.3 Å². The van der Waals surface area contributed by atoms with E-state index >= 15 is 0 Å². The molecule has 0 spiro atoms. The molecule has 0 N–H and O–H groups in total. The Bertz CT molecular complexity index is 928. The smallest absolute Gasteiger partial charge is 0.254 e. The fourth-order valence-electron chi connectivity index (χ4n) is 2.87. The lowest BCUT2D eigenvalue weighted by atomic mass is 10.1. The number of pyridine rings is 1. The normalized spacial score (nSPS) is 13.3. The first kappa shape index (κ1) is 16.2. The SMILES string of the molecule is O=C(c1cccc(F)c1)N1CCn2nnc(COc3cccnc3)c2C1. The van der Waals surface area contributed by atoms with E-state index in [9.17, 15) is 9.18 Å². The minimum atomic E-state index is -0.426. The van der Waals surface area contributed by atoms with Crippen molar-refractivity contribution in [1.29, 1.82) is 0 Å². The number of aromatic nitrogens is 4. The molecule has 2 aromatic heterocycles. The second-order valence-electron chi connectivity index (χ2n) is 5.92. The van der Waals surface area contributed by atoms with Gasteiger partial charge < -0.3 is 9.64 Å². The minimum absolute atomic E-state index is 0.212. The van der Waals surface area contributed by atoms with Gasteiger partial charge in [0.15, 0.2) is 0 Å². The van der Waals surface area contributed by atoms with Crippen LogP contribution in [-0.4, -0.2) is 37.3 Å². The molecule has 132 valence electrons. The number of benzene rings is 1. The number of rotatable bonds is 4. The molecule has 8 heteroatoms. The summed E-state index contributed by atoms with van der Waals surface area (Å²) in [4.78, 5) is 18.3. The van der Waals surface area contributed by atoms with E-state index in [1.165, 1.54) is 18.2 Å². The number of carbonyl (C=O) groups is 1. The Morgan fingerprint density at radius 2 is 2.15 bits per heavy atom. The average Bonchev–Trinajstić information content (AvgIpc) is 3.09. The maximum atomic E-state index is 13.4. The van der Waals surface area contributed by atoms with Crippen molar-refractivity contribution in [3.05, 3.63) is 71.6 Å². The van der Waals surface area contributed by atoms with Gasteiger partial charge in [0.25, 0.3) is 5.91 Å². The fourth-order valence-corrected chi connectivity index (χ4v) is 2.87. The molecule has 1 amide bonds. The Labute approximate surface area is 149 Å². The van der Waals surface area contributed by atoms with Crippen molar-refractivity contribution in [1.82, 2.24) is 24.9 Å². The van der Waals surface area contributed by atoms with Crippen molar-refractivity contribution < 1.29 is 13.9 Å². The zero-order valence-corrected chi connectivity index (χ0v) is 13.9.